The Morgan fingerprint density at radius 2 is 2.22 bits per heavy atom. The summed E-state index contributed by atoms with van der Waals surface area (Å²) in [6.45, 7) is 4.79. The van der Waals surface area contributed by atoms with Crippen LogP contribution < -0.4 is 10.6 Å². The summed E-state index contributed by atoms with van der Waals surface area (Å²) in [5.74, 6) is 2.19. The first kappa shape index (κ1) is 13.3. The van der Waals surface area contributed by atoms with Crippen LogP contribution in [-0.2, 0) is 11.2 Å². The number of methoxy groups -OCH3 is 1. The van der Waals surface area contributed by atoms with Gasteiger partial charge in [0.2, 0.25) is 5.95 Å². The van der Waals surface area contributed by atoms with Crippen LogP contribution in [0.1, 0.15) is 25.6 Å². The van der Waals surface area contributed by atoms with Gasteiger partial charge in [0, 0.05) is 39.3 Å². The zero-order chi connectivity index (χ0) is 13.0. The van der Waals surface area contributed by atoms with Crippen molar-refractivity contribution in [1.29, 1.82) is 0 Å². The number of H-pyrrole nitrogens is 1. The number of aromatic amines is 1. The Bertz CT molecular complexity index is 359. The highest BCUT2D eigenvalue weighted by Gasteiger charge is 2.19. The maximum absolute atomic E-state index is 5.89. The van der Waals surface area contributed by atoms with E-state index in [1.54, 1.807) is 7.11 Å². The summed E-state index contributed by atoms with van der Waals surface area (Å²) in [6.07, 6.45) is 2.90. The van der Waals surface area contributed by atoms with Gasteiger partial charge < -0.3 is 15.4 Å². The molecule has 2 heterocycles. The van der Waals surface area contributed by atoms with E-state index in [-0.39, 0.29) is 0 Å². The maximum atomic E-state index is 5.89. The molecule has 0 spiro atoms. The number of nitrogens with zero attached hydrogens (tertiary/aromatic N) is 3. The van der Waals surface area contributed by atoms with Crippen LogP contribution in [-0.4, -0.2) is 48.0 Å². The zero-order valence-corrected chi connectivity index (χ0v) is 11.2. The molecule has 1 aliphatic rings. The molecular weight excluding hydrogens is 230 g/mol. The molecule has 6 heteroatoms. The number of ether oxygens (including phenoxy) is 1. The fourth-order valence-electron chi connectivity index (χ4n) is 2.29. The number of rotatable bonds is 5. The van der Waals surface area contributed by atoms with Crippen molar-refractivity contribution in [2.45, 2.75) is 32.2 Å². The molecule has 1 unspecified atom stereocenters. The van der Waals surface area contributed by atoms with Crippen molar-refractivity contribution in [2.75, 3.05) is 31.7 Å². The van der Waals surface area contributed by atoms with E-state index in [1.807, 2.05) is 0 Å². The Labute approximate surface area is 108 Å². The van der Waals surface area contributed by atoms with Crippen molar-refractivity contribution in [1.82, 2.24) is 15.2 Å². The van der Waals surface area contributed by atoms with E-state index in [4.69, 9.17) is 10.5 Å². The molecule has 0 amide bonds. The second kappa shape index (κ2) is 6.15. The highest BCUT2D eigenvalue weighted by Crippen LogP contribution is 2.15. The Morgan fingerprint density at radius 1 is 1.50 bits per heavy atom. The largest absolute Gasteiger partial charge is 0.384 e. The van der Waals surface area contributed by atoms with Gasteiger partial charge in [-0.1, -0.05) is 6.92 Å². The van der Waals surface area contributed by atoms with Gasteiger partial charge in [0.25, 0.3) is 0 Å². The molecule has 6 nitrogen and oxygen atoms in total. The van der Waals surface area contributed by atoms with E-state index in [0.29, 0.717) is 12.0 Å². The minimum atomic E-state index is 0.335. The third kappa shape index (κ3) is 3.43. The molecule has 18 heavy (non-hydrogen) atoms. The van der Waals surface area contributed by atoms with E-state index in [1.165, 1.54) is 0 Å². The minimum Gasteiger partial charge on any atom is -0.384 e. The van der Waals surface area contributed by atoms with Crippen LogP contribution in [0.25, 0.3) is 0 Å². The van der Waals surface area contributed by atoms with Crippen molar-refractivity contribution in [3.05, 3.63) is 5.82 Å². The van der Waals surface area contributed by atoms with Gasteiger partial charge in [-0.05, 0) is 18.8 Å². The zero-order valence-electron chi connectivity index (χ0n) is 11.2. The van der Waals surface area contributed by atoms with E-state index < -0.39 is 0 Å². The van der Waals surface area contributed by atoms with Gasteiger partial charge in [-0.2, -0.15) is 4.98 Å². The van der Waals surface area contributed by atoms with E-state index in [0.717, 1.165) is 50.7 Å². The topological polar surface area (TPSA) is 80.1 Å². The number of nitrogens with one attached hydrogen (secondary N) is 1. The molecule has 2 rings (SSSR count). The Morgan fingerprint density at radius 3 is 2.89 bits per heavy atom. The highest BCUT2D eigenvalue weighted by atomic mass is 16.5. The molecule has 0 aromatic carbocycles. The maximum Gasteiger partial charge on any atom is 0.244 e. The molecule has 0 saturated carbocycles. The molecule has 1 atom stereocenters. The third-order valence-corrected chi connectivity index (χ3v) is 3.34. The monoisotopic (exact) mass is 253 g/mol. The predicted octanol–water partition coefficient (Wildman–Crippen LogP) is 0.557. The summed E-state index contributed by atoms with van der Waals surface area (Å²) in [5, 5.41) is 7.30. The first-order valence-electron chi connectivity index (χ1n) is 6.59. The standard InChI is InChI=1S/C12H23N5O/c1-9(8-18-2)7-11-14-12(16-15-11)17-5-3-10(13)4-6-17/h9-10H,3-8,13H2,1-2H3,(H,14,15,16). The van der Waals surface area contributed by atoms with Gasteiger partial charge in [0.05, 0.1) is 0 Å². The molecule has 0 aliphatic carbocycles. The Hall–Kier alpha value is -1.14. The molecule has 0 bridgehead atoms. The number of hydrogen-bond acceptors (Lipinski definition) is 5. The summed E-state index contributed by atoms with van der Waals surface area (Å²) < 4.78 is 5.12. The second-order valence-corrected chi connectivity index (χ2v) is 5.17. The predicted molar refractivity (Wildman–Crippen MR) is 70.5 cm³/mol. The lowest BCUT2D eigenvalue weighted by Gasteiger charge is -2.28. The third-order valence-electron chi connectivity index (χ3n) is 3.34. The molecule has 1 aromatic heterocycles. The van der Waals surface area contributed by atoms with Gasteiger partial charge in [-0.15, -0.1) is 5.10 Å². The van der Waals surface area contributed by atoms with Crippen LogP contribution >= 0.6 is 0 Å². The normalized spacial score (nSPS) is 19.2. The Balaban J connectivity index is 1.89. The van der Waals surface area contributed by atoms with Gasteiger partial charge in [-0.25, -0.2) is 0 Å². The fraction of sp³-hybridized carbons (Fsp3) is 0.833. The molecule has 102 valence electrons. The lowest BCUT2D eigenvalue weighted by atomic mass is 10.1. The minimum absolute atomic E-state index is 0.335. The summed E-state index contributed by atoms with van der Waals surface area (Å²) >= 11 is 0. The lowest BCUT2D eigenvalue weighted by molar-refractivity contribution is 0.159. The average molecular weight is 253 g/mol. The molecule has 1 aromatic rings. The SMILES string of the molecule is COCC(C)Cc1nc(N2CCC(N)CC2)n[nH]1. The number of anilines is 1. The van der Waals surface area contributed by atoms with E-state index in [9.17, 15) is 0 Å². The molecule has 1 fully saturated rings. The fourth-order valence-corrected chi connectivity index (χ4v) is 2.29. The van der Waals surface area contributed by atoms with Crippen molar-refractivity contribution in [3.8, 4) is 0 Å². The lowest BCUT2D eigenvalue weighted by Crippen LogP contribution is -2.40. The Kier molecular flexibility index (Phi) is 4.54. The molecule has 3 N–H and O–H groups in total. The van der Waals surface area contributed by atoms with Gasteiger partial charge in [0.15, 0.2) is 0 Å². The van der Waals surface area contributed by atoms with Crippen LogP contribution in [0.2, 0.25) is 0 Å². The van der Waals surface area contributed by atoms with Crippen LogP contribution in [0.3, 0.4) is 0 Å². The van der Waals surface area contributed by atoms with Crippen molar-refractivity contribution < 1.29 is 4.74 Å². The molecular formula is C12H23N5O. The van der Waals surface area contributed by atoms with E-state index in [2.05, 4.69) is 27.0 Å². The molecule has 0 radical (unpaired) electrons. The van der Waals surface area contributed by atoms with Crippen LogP contribution in [0.4, 0.5) is 5.95 Å². The number of piperidine rings is 1. The number of hydrogen-bond donors (Lipinski definition) is 2. The van der Waals surface area contributed by atoms with Crippen molar-refractivity contribution in [2.24, 2.45) is 11.7 Å². The smallest absolute Gasteiger partial charge is 0.244 e. The summed E-state index contributed by atoms with van der Waals surface area (Å²) in [5.41, 5.74) is 5.89. The molecule has 1 saturated heterocycles. The summed E-state index contributed by atoms with van der Waals surface area (Å²) in [4.78, 5) is 6.74. The number of aromatic nitrogens is 3. The van der Waals surface area contributed by atoms with Crippen LogP contribution in [0.15, 0.2) is 0 Å². The van der Waals surface area contributed by atoms with Crippen molar-refractivity contribution in [3.63, 3.8) is 0 Å². The first-order valence-corrected chi connectivity index (χ1v) is 6.59. The van der Waals surface area contributed by atoms with Gasteiger partial charge in [0.1, 0.15) is 5.82 Å². The average Bonchev–Trinajstić information content (AvgIpc) is 2.78. The summed E-state index contributed by atoms with van der Waals surface area (Å²) in [7, 11) is 1.72. The summed E-state index contributed by atoms with van der Waals surface area (Å²) in [6, 6.07) is 0.335. The van der Waals surface area contributed by atoms with Crippen molar-refractivity contribution >= 4 is 5.95 Å². The van der Waals surface area contributed by atoms with Gasteiger partial charge in [-0.3, -0.25) is 5.10 Å². The second-order valence-electron chi connectivity index (χ2n) is 5.17. The van der Waals surface area contributed by atoms with Crippen LogP contribution in [0.5, 0.6) is 0 Å². The van der Waals surface area contributed by atoms with Crippen LogP contribution in [0, 0.1) is 5.92 Å². The first-order chi connectivity index (χ1) is 8.69. The molecule has 1 aliphatic heterocycles. The van der Waals surface area contributed by atoms with Gasteiger partial charge >= 0.3 is 0 Å². The quantitative estimate of drug-likeness (QED) is 0.801. The highest BCUT2D eigenvalue weighted by molar-refractivity contribution is 5.29. The van der Waals surface area contributed by atoms with E-state index >= 15 is 0 Å². The number of nitrogens with two attached hydrogens (primary N) is 1.